The molecule has 5 rings (SSSR count). The number of carbonyl (C=O) groups excluding carboxylic acids is 1. The maximum atomic E-state index is 13.5. The summed E-state index contributed by atoms with van der Waals surface area (Å²) in [6.45, 7) is 1.90. The van der Waals surface area contributed by atoms with E-state index in [-0.39, 0.29) is 11.6 Å². The first-order chi connectivity index (χ1) is 16.0. The summed E-state index contributed by atoms with van der Waals surface area (Å²) in [4.78, 5) is 17.5. The van der Waals surface area contributed by atoms with Crippen LogP contribution in [0.4, 0.5) is 10.1 Å². The molecule has 0 fully saturated rings. The topological polar surface area (TPSA) is 59.8 Å². The lowest BCUT2D eigenvalue weighted by atomic mass is 10.1. The van der Waals surface area contributed by atoms with Crippen molar-refractivity contribution in [3.05, 3.63) is 107 Å². The zero-order valence-corrected chi connectivity index (χ0v) is 18.3. The van der Waals surface area contributed by atoms with Crippen LogP contribution in [0.2, 0.25) is 5.02 Å². The first kappa shape index (κ1) is 20.8. The Bertz CT molecular complexity index is 1490. The summed E-state index contributed by atoms with van der Waals surface area (Å²) in [5, 5.41) is 9.96. The van der Waals surface area contributed by atoms with Crippen molar-refractivity contribution in [2.24, 2.45) is 0 Å². The minimum atomic E-state index is -0.453. The van der Waals surface area contributed by atoms with Crippen LogP contribution in [-0.4, -0.2) is 20.7 Å². The summed E-state index contributed by atoms with van der Waals surface area (Å²) >= 11 is 6.32. The largest absolute Gasteiger partial charge is 0.319 e. The Labute approximate surface area is 194 Å². The second kappa shape index (κ2) is 8.48. The van der Waals surface area contributed by atoms with Gasteiger partial charge in [-0.2, -0.15) is 0 Å². The van der Waals surface area contributed by atoms with Gasteiger partial charge in [0.25, 0.3) is 5.91 Å². The molecule has 0 aliphatic rings. The van der Waals surface area contributed by atoms with E-state index in [1.807, 2.05) is 61.5 Å². The Balaban J connectivity index is 1.54. The standard InChI is InChI=1S/C26H18ClFN4O/c1-16-6-13-22(15-23(16)27)32-25(18-7-10-20(28)11-8-18)30-24(31-32)26(33)29-21-12-9-17-4-2-3-5-19(17)14-21/h2-15H,1H3,(H,29,33). The molecular formula is C26H18ClFN4O. The zero-order valence-electron chi connectivity index (χ0n) is 17.6. The molecule has 1 N–H and O–H groups in total. The highest BCUT2D eigenvalue weighted by Gasteiger charge is 2.19. The van der Waals surface area contributed by atoms with Gasteiger partial charge in [-0.25, -0.2) is 14.1 Å². The van der Waals surface area contributed by atoms with Crippen molar-refractivity contribution in [2.75, 3.05) is 5.32 Å². The molecular weight excluding hydrogens is 439 g/mol. The lowest BCUT2D eigenvalue weighted by Gasteiger charge is -2.07. The number of halogens is 2. The Morgan fingerprint density at radius 1 is 0.939 bits per heavy atom. The summed E-state index contributed by atoms with van der Waals surface area (Å²) in [6.07, 6.45) is 0. The average Bonchev–Trinajstić information content (AvgIpc) is 3.27. The molecule has 0 aliphatic carbocycles. The highest BCUT2D eigenvalue weighted by Crippen LogP contribution is 2.25. The van der Waals surface area contributed by atoms with Crippen LogP contribution in [0.15, 0.2) is 84.9 Å². The van der Waals surface area contributed by atoms with E-state index in [9.17, 15) is 9.18 Å². The molecule has 1 aromatic heterocycles. The van der Waals surface area contributed by atoms with Gasteiger partial charge in [0.1, 0.15) is 5.82 Å². The molecule has 0 saturated carbocycles. The second-order valence-corrected chi connectivity index (χ2v) is 8.03. The van der Waals surface area contributed by atoms with Gasteiger partial charge in [0.05, 0.1) is 5.69 Å². The van der Waals surface area contributed by atoms with Crippen molar-refractivity contribution in [1.82, 2.24) is 14.8 Å². The quantitative estimate of drug-likeness (QED) is 0.338. The molecule has 0 unspecified atom stereocenters. The number of nitrogens with one attached hydrogen (secondary N) is 1. The van der Waals surface area contributed by atoms with E-state index in [0.717, 1.165) is 16.3 Å². The van der Waals surface area contributed by atoms with E-state index in [1.54, 1.807) is 18.2 Å². The van der Waals surface area contributed by atoms with Gasteiger partial charge in [-0.15, -0.1) is 5.10 Å². The smallest absolute Gasteiger partial charge is 0.295 e. The van der Waals surface area contributed by atoms with Crippen molar-refractivity contribution >= 4 is 34.0 Å². The van der Waals surface area contributed by atoms with Crippen LogP contribution in [0.1, 0.15) is 16.2 Å². The lowest BCUT2D eigenvalue weighted by molar-refractivity contribution is 0.101. The molecule has 1 heterocycles. The van der Waals surface area contributed by atoms with Crippen LogP contribution in [0.25, 0.3) is 27.8 Å². The Morgan fingerprint density at radius 3 is 2.45 bits per heavy atom. The van der Waals surface area contributed by atoms with E-state index in [2.05, 4.69) is 15.4 Å². The Kier molecular flexibility index (Phi) is 5.36. The molecule has 0 aliphatic heterocycles. The minimum absolute atomic E-state index is 0.0146. The number of aryl methyl sites for hydroxylation is 1. The number of carbonyl (C=O) groups is 1. The van der Waals surface area contributed by atoms with Crippen LogP contribution >= 0.6 is 11.6 Å². The predicted molar refractivity (Wildman–Crippen MR) is 128 cm³/mol. The number of rotatable bonds is 4. The van der Waals surface area contributed by atoms with E-state index in [4.69, 9.17) is 11.6 Å². The highest BCUT2D eigenvalue weighted by atomic mass is 35.5. The molecule has 0 radical (unpaired) electrons. The number of nitrogens with zero attached hydrogens (tertiary/aromatic N) is 3. The number of hydrogen-bond donors (Lipinski definition) is 1. The third-order valence-corrected chi connectivity index (χ3v) is 5.73. The fourth-order valence-corrected chi connectivity index (χ4v) is 3.72. The molecule has 7 heteroatoms. The van der Waals surface area contributed by atoms with Crippen molar-refractivity contribution in [3.8, 4) is 17.1 Å². The molecule has 5 aromatic rings. The number of amides is 1. The number of anilines is 1. The summed E-state index contributed by atoms with van der Waals surface area (Å²) in [5.74, 6) is -0.430. The van der Waals surface area contributed by atoms with Gasteiger partial charge in [0, 0.05) is 16.3 Å². The normalized spacial score (nSPS) is 11.0. The fourth-order valence-electron chi connectivity index (χ4n) is 3.54. The average molecular weight is 457 g/mol. The lowest BCUT2D eigenvalue weighted by Crippen LogP contribution is -2.14. The van der Waals surface area contributed by atoms with E-state index >= 15 is 0 Å². The van der Waals surface area contributed by atoms with Gasteiger partial charge < -0.3 is 5.32 Å². The van der Waals surface area contributed by atoms with Gasteiger partial charge in [0.15, 0.2) is 5.82 Å². The zero-order chi connectivity index (χ0) is 22.9. The van der Waals surface area contributed by atoms with Gasteiger partial charge in [-0.1, -0.05) is 48.0 Å². The number of fused-ring (bicyclic) bond motifs is 1. The fraction of sp³-hybridized carbons (Fsp3) is 0.0385. The van der Waals surface area contributed by atoms with Gasteiger partial charge in [-0.3, -0.25) is 4.79 Å². The van der Waals surface area contributed by atoms with Crippen molar-refractivity contribution in [2.45, 2.75) is 6.92 Å². The van der Waals surface area contributed by atoms with Crippen LogP contribution < -0.4 is 5.32 Å². The first-order valence-corrected chi connectivity index (χ1v) is 10.7. The molecule has 5 nitrogen and oxygen atoms in total. The molecule has 0 spiro atoms. The molecule has 1 amide bonds. The maximum absolute atomic E-state index is 13.5. The summed E-state index contributed by atoms with van der Waals surface area (Å²) in [7, 11) is 0. The first-order valence-electron chi connectivity index (χ1n) is 10.3. The number of benzene rings is 4. The Hall–Kier alpha value is -4.03. The van der Waals surface area contributed by atoms with Crippen LogP contribution in [0.5, 0.6) is 0 Å². The summed E-state index contributed by atoms with van der Waals surface area (Å²) in [6, 6.07) is 24.9. The summed E-state index contributed by atoms with van der Waals surface area (Å²) in [5.41, 5.74) is 2.81. The highest BCUT2D eigenvalue weighted by molar-refractivity contribution is 6.31. The van der Waals surface area contributed by atoms with Crippen LogP contribution in [-0.2, 0) is 0 Å². The van der Waals surface area contributed by atoms with Gasteiger partial charge in [0.2, 0.25) is 5.82 Å². The summed E-state index contributed by atoms with van der Waals surface area (Å²) < 4.78 is 15.0. The molecule has 162 valence electrons. The van der Waals surface area contributed by atoms with Crippen molar-refractivity contribution < 1.29 is 9.18 Å². The molecule has 4 aromatic carbocycles. The maximum Gasteiger partial charge on any atom is 0.295 e. The van der Waals surface area contributed by atoms with Gasteiger partial charge >= 0.3 is 0 Å². The molecule has 0 atom stereocenters. The predicted octanol–water partition coefficient (Wildman–Crippen LogP) is 6.44. The second-order valence-electron chi connectivity index (χ2n) is 7.63. The molecule has 0 bridgehead atoms. The third kappa shape index (κ3) is 4.21. The van der Waals surface area contributed by atoms with Crippen molar-refractivity contribution in [3.63, 3.8) is 0 Å². The molecule has 0 saturated heterocycles. The van der Waals surface area contributed by atoms with E-state index in [0.29, 0.717) is 27.8 Å². The third-order valence-electron chi connectivity index (χ3n) is 5.32. The Morgan fingerprint density at radius 2 is 1.70 bits per heavy atom. The number of aromatic nitrogens is 3. The van der Waals surface area contributed by atoms with Crippen LogP contribution in [0.3, 0.4) is 0 Å². The monoisotopic (exact) mass is 456 g/mol. The number of hydrogen-bond acceptors (Lipinski definition) is 3. The van der Waals surface area contributed by atoms with E-state index < -0.39 is 5.91 Å². The minimum Gasteiger partial charge on any atom is -0.319 e. The van der Waals surface area contributed by atoms with Crippen LogP contribution in [0, 0.1) is 12.7 Å². The van der Waals surface area contributed by atoms with E-state index in [1.165, 1.54) is 16.8 Å². The molecule has 33 heavy (non-hydrogen) atoms. The van der Waals surface area contributed by atoms with Crippen molar-refractivity contribution in [1.29, 1.82) is 0 Å². The SMILES string of the molecule is Cc1ccc(-n2nc(C(=O)Nc3ccc4ccccc4c3)nc2-c2ccc(F)cc2)cc1Cl. The van der Waals surface area contributed by atoms with Gasteiger partial charge in [-0.05, 0) is 71.8 Å².